The van der Waals surface area contributed by atoms with Gasteiger partial charge in [0.05, 0.1) is 0 Å². The summed E-state index contributed by atoms with van der Waals surface area (Å²) in [6.45, 7) is 10.1. The quantitative estimate of drug-likeness (QED) is 0.870. The average molecular weight is 261 g/mol. The zero-order valence-electron chi connectivity index (χ0n) is 12.6. The summed E-state index contributed by atoms with van der Waals surface area (Å²) < 4.78 is 0. The predicted octanol–water partition coefficient (Wildman–Crippen LogP) is 3.92. The Morgan fingerprint density at radius 3 is 2.47 bits per heavy atom. The fraction of sp³-hybridized carbons (Fsp3) is 0.688. The van der Waals surface area contributed by atoms with Crippen molar-refractivity contribution in [3.05, 3.63) is 18.3 Å². The van der Waals surface area contributed by atoms with Crippen molar-refractivity contribution < 1.29 is 0 Å². The lowest BCUT2D eigenvalue weighted by molar-refractivity contribution is 0.199. The number of nitrogens with zero attached hydrogens (tertiary/aromatic N) is 2. The van der Waals surface area contributed by atoms with Gasteiger partial charge in [-0.2, -0.15) is 0 Å². The number of anilines is 2. The second-order valence-electron chi connectivity index (χ2n) is 5.62. The molecule has 0 atom stereocenters. The van der Waals surface area contributed by atoms with E-state index < -0.39 is 0 Å². The highest BCUT2D eigenvalue weighted by atomic mass is 15.1. The SMILES string of the molecule is CCNc1cc(N2CCC(CC)(CC)CC2)ccn1. The molecule has 0 unspecified atom stereocenters. The Labute approximate surface area is 117 Å². The molecule has 1 saturated heterocycles. The molecule has 3 nitrogen and oxygen atoms in total. The van der Waals surface area contributed by atoms with Gasteiger partial charge in [-0.05, 0) is 31.2 Å². The van der Waals surface area contributed by atoms with Gasteiger partial charge in [-0.25, -0.2) is 4.98 Å². The van der Waals surface area contributed by atoms with E-state index in [2.05, 4.69) is 48.1 Å². The van der Waals surface area contributed by atoms with Crippen molar-refractivity contribution in [3.63, 3.8) is 0 Å². The first-order valence-corrected chi connectivity index (χ1v) is 7.68. The lowest BCUT2D eigenvalue weighted by Gasteiger charge is -2.42. The summed E-state index contributed by atoms with van der Waals surface area (Å²) in [5.41, 5.74) is 1.90. The monoisotopic (exact) mass is 261 g/mol. The van der Waals surface area contributed by atoms with E-state index in [4.69, 9.17) is 0 Å². The molecule has 1 aliphatic heterocycles. The van der Waals surface area contributed by atoms with Crippen molar-refractivity contribution in [2.45, 2.75) is 46.5 Å². The zero-order chi connectivity index (χ0) is 13.7. The van der Waals surface area contributed by atoms with Gasteiger partial charge in [0.25, 0.3) is 0 Å². The van der Waals surface area contributed by atoms with Crippen molar-refractivity contribution in [1.29, 1.82) is 0 Å². The predicted molar refractivity (Wildman–Crippen MR) is 82.9 cm³/mol. The molecule has 0 radical (unpaired) electrons. The van der Waals surface area contributed by atoms with Crippen molar-refractivity contribution in [3.8, 4) is 0 Å². The summed E-state index contributed by atoms with van der Waals surface area (Å²) >= 11 is 0. The molecule has 1 N–H and O–H groups in total. The molecule has 1 aliphatic rings. The molecule has 1 fully saturated rings. The molecule has 2 heterocycles. The van der Waals surface area contributed by atoms with Crippen LogP contribution in [0.5, 0.6) is 0 Å². The fourth-order valence-corrected chi connectivity index (χ4v) is 3.09. The van der Waals surface area contributed by atoms with Crippen molar-refractivity contribution in [1.82, 2.24) is 4.98 Å². The lowest BCUT2D eigenvalue weighted by atomic mass is 9.74. The van der Waals surface area contributed by atoms with Crippen LogP contribution in [0.3, 0.4) is 0 Å². The van der Waals surface area contributed by atoms with Gasteiger partial charge in [0, 0.05) is 37.6 Å². The first kappa shape index (κ1) is 14.2. The Hall–Kier alpha value is -1.25. The number of hydrogen-bond donors (Lipinski definition) is 1. The van der Waals surface area contributed by atoms with Crippen molar-refractivity contribution in [2.24, 2.45) is 5.41 Å². The van der Waals surface area contributed by atoms with Gasteiger partial charge >= 0.3 is 0 Å². The van der Waals surface area contributed by atoms with Crippen LogP contribution in [0.15, 0.2) is 18.3 Å². The number of piperidine rings is 1. The topological polar surface area (TPSA) is 28.2 Å². The van der Waals surface area contributed by atoms with E-state index in [1.807, 2.05) is 6.20 Å². The highest BCUT2D eigenvalue weighted by Gasteiger charge is 2.31. The van der Waals surface area contributed by atoms with Gasteiger partial charge in [0.2, 0.25) is 0 Å². The summed E-state index contributed by atoms with van der Waals surface area (Å²) in [6.07, 6.45) is 7.18. The van der Waals surface area contributed by atoms with Gasteiger partial charge in [0.15, 0.2) is 0 Å². The van der Waals surface area contributed by atoms with Crippen LogP contribution in [-0.2, 0) is 0 Å². The van der Waals surface area contributed by atoms with Crippen LogP contribution >= 0.6 is 0 Å². The van der Waals surface area contributed by atoms with Crippen LogP contribution in [0.25, 0.3) is 0 Å². The molecule has 0 bridgehead atoms. The zero-order valence-corrected chi connectivity index (χ0v) is 12.6. The van der Waals surface area contributed by atoms with Crippen LogP contribution in [0.2, 0.25) is 0 Å². The Morgan fingerprint density at radius 1 is 1.21 bits per heavy atom. The summed E-state index contributed by atoms with van der Waals surface area (Å²) in [6, 6.07) is 4.31. The van der Waals surface area contributed by atoms with E-state index in [1.54, 1.807) is 0 Å². The third-order valence-corrected chi connectivity index (χ3v) is 4.79. The molecule has 0 saturated carbocycles. The number of nitrogens with one attached hydrogen (secondary N) is 1. The smallest absolute Gasteiger partial charge is 0.127 e. The minimum absolute atomic E-state index is 0.591. The molecule has 3 heteroatoms. The van der Waals surface area contributed by atoms with E-state index in [0.717, 1.165) is 12.4 Å². The molecule has 106 valence electrons. The molecule has 0 spiro atoms. The highest BCUT2D eigenvalue weighted by molar-refractivity contribution is 5.54. The van der Waals surface area contributed by atoms with Crippen LogP contribution < -0.4 is 10.2 Å². The molecule has 0 amide bonds. The first-order chi connectivity index (χ1) is 9.23. The van der Waals surface area contributed by atoms with E-state index in [0.29, 0.717) is 5.41 Å². The van der Waals surface area contributed by atoms with Crippen LogP contribution in [0, 0.1) is 5.41 Å². The van der Waals surface area contributed by atoms with Crippen LogP contribution in [0.4, 0.5) is 11.5 Å². The fourth-order valence-electron chi connectivity index (χ4n) is 3.09. The maximum atomic E-state index is 4.35. The average Bonchev–Trinajstić information content (AvgIpc) is 2.48. The Kier molecular flexibility index (Phi) is 4.67. The van der Waals surface area contributed by atoms with E-state index in [-0.39, 0.29) is 0 Å². The molecule has 1 aromatic heterocycles. The van der Waals surface area contributed by atoms with Gasteiger partial charge in [-0.3, -0.25) is 0 Å². The second-order valence-corrected chi connectivity index (χ2v) is 5.62. The summed E-state index contributed by atoms with van der Waals surface area (Å²) in [5, 5.41) is 3.29. The van der Waals surface area contributed by atoms with Gasteiger partial charge in [0.1, 0.15) is 5.82 Å². The van der Waals surface area contributed by atoms with Gasteiger partial charge < -0.3 is 10.2 Å². The molecule has 19 heavy (non-hydrogen) atoms. The van der Waals surface area contributed by atoms with E-state index in [9.17, 15) is 0 Å². The largest absolute Gasteiger partial charge is 0.371 e. The summed E-state index contributed by atoms with van der Waals surface area (Å²) in [7, 11) is 0. The first-order valence-electron chi connectivity index (χ1n) is 7.68. The van der Waals surface area contributed by atoms with Crippen molar-refractivity contribution >= 4 is 11.5 Å². The molecule has 2 rings (SSSR count). The van der Waals surface area contributed by atoms with Gasteiger partial charge in [-0.1, -0.05) is 26.7 Å². The number of aromatic nitrogens is 1. The molecule has 0 aliphatic carbocycles. The number of rotatable bonds is 5. The minimum Gasteiger partial charge on any atom is -0.371 e. The minimum atomic E-state index is 0.591. The third-order valence-electron chi connectivity index (χ3n) is 4.79. The van der Waals surface area contributed by atoms with Crippen LogP contribution in [0.1, 0.15) is 46.5 Å². The molecule has 1 aromatic rings. The van der Waals surface area contributed by atoms with Gasteiger partial charge in [-0.15, -0.1) is 0 Å². The van der Waals surface area contributed by atoms with Crippen molar-refractivity contribution in [2.75, 3.05) is 29.9 Å². The number of pyridine rings is 1. The number of hydrogen-bond acceptors (Lipinski definition) is 3. The van der Waals surface area contributed by atoms with Crippen LogP contribution in [-0.4, -0.2) is 24.6 Å². The third kappa shape index (κ3) is 3.20. The molecular weight excluding hydrogens is 234 g/mol. The second kappa shape index (κ2) is 6.27. The Balaban J connectivity index is 2.03. The Bertz CT molecular complexity index is 389. The van der Waals surface area contributed by atoms with E-state index >= 15 is 0 Å². The van der Waals surface area contributed by atoms with E-state index in [1.165, 1.54) is 44.5 Å². The summed E-state index contributed by atoms with van der Waals surface area (Å²) in [4.78, 5) is 6.85. The lowest BCUT2D eigenvalue weighted by Crippen LogP contribution is -2.39. The Morgan fingerprint density at radius 2 is 1.89 bits per heavy atom. The standard InChI is InChI=1S/C16H27N3/c1-4-16(5-2)8-11-19(12-9-16)14-7-10-18-15(13-14)17-6-3/h7,10,13H,4-6,8-9,11-12H2,1-3H3,(H,17,18). The maximum absolute atomic E-state index is 4.35. The summed E-state index contributed by atoms with van der Waals surface area (Å²) in [5.74, 6) is 0.989. The normalized spacial score (nSPS) is 18.4. The highest BCUT2D eigenvalue weighted by Crippen LogP contribution is 2.39. The molecular formula is C16H27N3. The molecule has 0 aromatic carbocycles. The maximum Gasteiger partial charge on any atom is 0.127 e.